The molecule has 5 atom stereocenters. The molecule has 0 spiro atoms. The van der Waals surface area contributed by atoms with Crippen molar-refractivity contribution in [1.82, 2.24) is 14.9 Å². The van der Waals surface area contributed by atoms with Crippen molar-refractivity contribution < 1.29 is 18.3 Å². The summed E-state index contributed by atoms with van der Waals surface area (Å²) >= 11 is 6.01. The molecule has 1 N–H and O–H groups in total. The predicted octanol–water partition coefficient (Wildman–Crippen LogP) is 4.74. The van der Waals surface area contributed by atoms with Gasteiger partial charge in [0.05, 0.1) is 28.7 Å². The minimum Gasteiger partial charge on any atom is -0.486 e. The zero-order chi connectivity index (χ0) is 23.3. The number of aryl methyl sites for hydroxylation is 1. The maximum Gasteiger partial charge on any atom is 0.257 e. The quantitative estimate of drug-likeness (QED) is 0.694. The van der Waals surface area contributed by atoms with Gasteiger partial charge in [-0.25, -0.2) is 18.7 Å². The second-order valence-corrected chi connectivity index (χ2v) is 9.75. The minimum absolute atomic E-state index is 0.0240. The van der Waals surface area contributed by atoms with Gasteiger partial charge in [0, 0.05) is 24.5 Å². The van der Waals surface area contributed by atoms with Crippen LogP contribution in [0.4, 0.5) is 8.78 Å². The number of nitrogens with one attached hydrogen (secondary N) is 1. The van der Waals surface area contributed by atoms with Crippen molar-refractivity contribution in [1.29, 1.82) is 5.41 Å². The molecule has 5 rings (SSSR count). The molecule has 1 aromatic carbocycles. The summed E-state index contributed by atoms with van der Waals surface area (Å²) in [5, 5.41) is 8.81. The van der Waals surface area contributed by atoms with E-state index in [1.165, 1.54) is 23.2 Å². The molecule has 3 aliphatic rings. The molecule has 3 fully saturated rings. The normalized spacial score (nSPS) is 28.9. The van der Waals surface area contributed by atoms with E-state index in [-0.39, 0.29) is 30.3 Å². The molecule has 33 heavy (non-hydrogen) atoms. The lowest BCUT2D eigenvalue weighted by atomic mass is 9.85. The van der Waals surface area contributed by atoms with E-state index < -0.39 is 29.9 Å². The molecule has 6 nitrogen and oxygen atoms in total. The van der Waals surface area contributed by atoms with Crippen LogP contribution in [0.1, 0.15) is 53.5 Å². The second-order valence-electron chi connectivity index (χ2n) is 9.34. The van der Waals surface area contributed by atoms with E-state index in [0.717, 1.165) is 25.3 Å². The minimum atomic E-state index is -1.12. The molecule has 1 amide bonds. The lowest BCUT2D eigenvalue weighted by molar-refractivity contribution is 0.0246. The molecule has 2 heterocycles. The van der Waals surface area contributed by atoms with Gasteiger partial charge in [-0.3, -0.25) is 4.79 Å². The van der Waals surface area contributed by atoms with Crippen LogP contribution in [0.25, 0.3) is 0 Å². The van der Waals surface area contributed by atoms with Crippen molar-refractivity contribution in [3.63, 3.8) is 0 Å². The Bertz CT molecular complexity index is 1110. The summed E-state index contributed by atoms with van der Waals surface area (Å²) in [7, 11) is 0. The van der Waals surface area contributed by atoms with Crippen LogP contribution in [-0.4, -0.2) is 51.9 Å². The molecule has 1 aliphatic heterocycles. The lowest BCUT2D eigenvalue weighted by Gasteiger charge is -2.32. The third-order valence-corrected chi connectivity index (χ3v) is 7.50. The smallest absolute Gasteiger partial charge is 0.257 e. The zero-order valence-electron chi connectivity index (χ0n) is 18.2. The fourth-order valence-electron chi connectivity index (χ4n) is 5.34. The molecule has 174 valence electrons. The van der Waals surface area contributed by atoms with Gasteiger partial charge in [0.25, 0.3) is 5.91 Å². The van der Waals surface area contributed by atoms with Crippen LogP contribution in [0.15, 0.2) is 24.4 Å². The number of alkyl halides is 1. The Labute approximate surface area is 195 Å². The number of carbonyl (C=O) groups excluding carboxylic acids is 1. The zero-order valence-corrected chi connectivity index (χ0v) is 19.0. The van der Waals surface area contributed by atoms with E-state index in [1.54, 1.807) is 6.92 Å². The van der Waals surface area contributed by atoms with Crippen LogP contribution in [0.5, 0.6) is 5.75 Å². The van der Waals surface area contributed by atoms with Gasteiger partial charge in [-0.05, 0) is 56.6 Å². The summed E-state index contributed by atoms with van der Waals surface area (Å²) in [5.74, 6) is -0.497. The summed E-state index contributed by atoms with van der Waals surface area (Å²) < 4.78 is 35.0. The molecule has 1 aromatic heterocycles. The van der Waals surface area contributed by atoms with Gasteiger partial charge in [-0.1, -0.05) is 11.6 Å². The first kappa shape index (κ1) is 22.2. The summed E-state index contributed by atoms with van der Waals surface area (Å²) in [6.45, 7) is 2.08. The monoisotopic (exact) mass is 474 g/mol. The number of nitrogens with zero attached hydrogens (tertiary/aromatic N) is 3. The SMILES string of the molecule is Cc1nc(C2CN(C(=O)c3ccc(F)cc3OC3CC4CCC(C4)C3F)CC2=N)ncc1Cl. The van der Waals surface area contributed by atoms with Crippen LogP contribution < -0.4 is 4.74 Å². The number of fused-ring (bicyclic) bond motifs is 2. The summed E-state index contributed by atoms with van der Waals surface area (Å²) in [6, 6.07) is 3.72. The first-order valence-electron chi connectivity index (χ1n) is 11.3. The molecule has 2 aromatic rings. The van der Waals surface area contributed by atoms with Crippen LogP contribution in [0.3, 0.4) is 0 Å². The molecular formula is C24H25ClF2N4O2. The number of likely N-dealkylation sites (tertiary alicyclic amines) is 1. The van der Waals surface area contributed by atoms with Gasteiger partial charge in [0.15, 0.2) is 0 Å². The first-order chi connectivity index (χ1) is 15.8. The molecular weight excluding hydrogens is 450 g/mol. The lowest BCUT2D eigenvalue weighted by Crippen LogP contribution is -2.38. The van der Waals surface area contributed by atoms with Crippen molar-refractivity contribution in [2.24, 2.45) is 11.8 Å². The predicted molar refractivity (Wildman–Crippen MR) is 119 cm³/mol. The topological polar surface area (TPSA) is 79.2 Å². The van der Waals surface area contributed by atoms with Crippen molar-refractivity contribution in [2.45, 2.75) is 50.8 Å². The average molecular weight is 475 g/mol. The number of aromatic nitrogens is 2. The Kier molecular flexibility index (Phi) is 5.80. The fourth-order valence-corrected chi connectivity index (χ4v) is 5.43. The maximum atomic E-state index is 14.9. The number of amides is 1. The third-order valence-electron chi connectivity index (χ3n) is 7.13. The molecule has 9 heteroatoms. The third kappa shape index (κ3) is 4.21. The van der Waals surface area contributed by atoms with Gasteiger partial charge in [-0.15, -0.1) is 0 Å². The fraction of sp³-hybridized carbons (Fsp3) is 0.500. The standard InChI is InChI=1S/C24H25ClF2N4O2/c1-12-18(25)9-29-23(30-12)17-10-31(11-19(17)28)24(32)16-5-4-15(26)8-20(16)33-21-7-13-2-3-14(6-13)22(21)27/h4-5,8-9,13-14,17,21-22,28H,2-3,6-7,10-11H2,1H3. The van der Waals surface area contributed by atoms with E-state index in [9.17, 15) is 13.6 Å². The molecule has 2 bridgehead atoms. The number of ether oxygens (including phenoxy) is 1. The Balaban J connectivity index is 1.36. The Morgan fingerprint density at radius 1 is 1.30 bits per heavy atom. The molecule has 2 aliphatic carbocycles. The number of hydrogen-bond acceptors (Lipinski definition) is 5. The van der Waals surface area contributed by atoms with Crippen LogP contribution in [-0.2, 0) is 0 Å². The van der Waals surface area contributed by atoms with Gasteiger partial charge in [0.2, 0.25) is 0 Å². The van der Waals surface area contributed by atoms with Gasteiger partial charge in [-0.2, -0.15) is 0 Å². The Morgan fingerprint density at radius 2 is 2.12 bits per heavy atom. The van der Waals surface area contributed by atoms with Crippen LogP contribution >= 0.6 is 11.6 Å². The van der Waals surface area contributed by atoms with Crippen molar-refractivity contribution in [3.8, 4) is 5.75 Å². The van der Waals surface area contributed by atoms with E-state index in [1.807, 2.05) is 0 Å². The number of carbonyl (C=O) groups is 1. The number of benzene rings is 1. The highest BCUT2D eigenvalue weighted by molar-refractivity contribution is 6.31. The van der Waals surface area contributed by atoms with E-state index >= 15 is 0 Å². The summed E-state index contributed by atoms with van der Waals surface area (Å²) in [5.41, 5.74) is 1.08. The maximum absolute atomic E-state index is 14.9. The van der Waals surface area contributed by atoms with Crippen molar-refractivity contribution in [3.05, 3.63) is 52.3 Å². The van der Waals surface area contributed by atoms with Gasteiger partial charge >= 0.3 is 0 Å². The van der Waals surface area contributed by atoms with Crippen LogP contribution in [0, 0.1) is 30.0 Å². The highest BCUT2D eigenvalue weighted by atomic mass is 35.5. The molecule has 5 unspecified atom stereocenters. The van der Waals surface area contributed by atoms with Gasteiger partial charge < -0.3 is 15.0 Å². The number of hydrogen-bond donors (Lipinski definition) is 1. The summed E-state index contributed by atoms with van der Waals surface area (Å²) in [6.07, 6.45) is 2.98. The molecule has 2 saturated carbocycles. The number of halogens is 3. The van der Waals surface area contributed by atoms with Crippen LogP contribution in [0.2, 0.25) is 5.02 Å². The second kappa shape index (κ2) is 8.63. The number of rotatable bonds is 4. The average Bonchev–Trinajstić information content (AvgIpc) is 3.38. The largest absolute Gasteiger partial charge is 0.486 e. The Hall–Kier alpha value is -2.61. The van der Waals surface area contributed by atoms with E-state index in [2.05, 4.69) is 9.97 Å². The highest BCUT2D eigenvalue weighted by Gasteiger charge is 2.44. The van der Waals surface area contributed by atoms with E-state index in [0.29, 0.717) is 34.6 Å². The first-order valence-corrected chi connectivity index (χ1v) is 11.6. The Morgan fingerprint density at radius 3 is 2.91 bits per heavy atom. The summed E-state index contributed by atoms with van der Waals surface area (Å²) in [4.78, 5) is 23.5. The van der Waals surface area contributed by atoms with E-state index in [4.69, 9.17) is 21.7 Å². The van der Waals surface area contributed by atoms with Gasteiger partial charge in [0.1, 0.15) is 29.7 Å². The van der Waals surface area contributed by atoms with Crippen molar-refractivity contribution >= 4 is 23.2 Å². The van der Waals surface area contributed by atoms with Crippen molar-refractivity contribution in [2.75, 3.05) is 13.1 Å². The molecule has 0 radical (unpaired) electrons. The highest BCUT2D eigenvalue weighted by Crippen LogP contribution is 2.45. The molecule has 1 saturated heterocycles.